The van der Waals surface area contributed by atoms with Gasteiger partial charge in [-0.2, -0.15) is 0 Å². The summed E-state index contributed by atoms with van der Waals surface area (Å²) in [5, 5.41) is 3.05. The van der Waals surface area contributed by atoms with Gasteiger partial charge in [0.2, 0.25) is 0 Å². The highest BCUT2D eigenvalue weighted by Gasteiger charge is 1.98. The van der Waals surface area contributed by atoms with Crippen LogP contribution in [0.1, 0.15) is 5.56 Å². The van der Waals surface area contributed by atoms with Gasteiger partial charge in [0.25, 0.3) is 0 Å². The maximum atomic E-state index is 6.12. The molecule has 0 atom stereocenters. The van der Waals surface area contributed by atoms with Gasteiger partial charge in [-0.25, -0.2) is 0 Å². The second kappa shape index (κ2) is 5.25. The van der Waals surface area contributed by atoms with Crippen LogP contribution in [0.5, 0.6) is 0 Å². The topological polar surface area (TPSA) is 12.4 Å². The van der Waals surface area contributed by atoms with Gasteiger partial charge in [-0.05, 0) is 17.5 Å². The first-order valence-corrected chi connectivity index (χ1v) is 6.49. The molecule has 0 spiro atoms. The van der Waals surface area contributed by atoms with Crippen molar-refractivity contribution in [2.45, 2.75) is 0 Å². The average Bonchev–Trinajstić information content (AvgIpc) is 2.46. The lowest BCUT2D eigenvalue weighted by Crippen LogP contribution is -1.81. The first kappa shape index (κ1) is 11.9. The highest BCUT2D eigenvalue weighted by Crippen LogP contribution is 2.25. The summed E-state index contributed by atoms with van der Waals surface area (Å²) in [6.07, 6.45) is 1.81. The fraction of sp³-hybridized carbons (Fsp3) is 0. The van der Waals surface area contributed by atoms with Gasteiger partial charge >= 0.3 is 0 Å². The van der Waals surface area contributed by atoms with Crippen LogP contribution in [-0.2, 0) is 0 Å². The van der Waals surface area contributed by atoms with Crippen LogP contribution < -0.4 is 0 Å². The minimum absolute atomic E-state index is 0.714. The largest absolute Gasteiger partial charge is 0.256 e. The molecule has 0 aliphatic heterocycles. The predicted octanol–water partition coefficient (Wildman–Crippen LogP) is 5.24. The number of benzene rings is 3. The number of nitrogens with zero attached hydrogens (tertiary/aromatic N) is 1. The Balaban J connectivity index is 2.04. The van der Waals surface area contributed by atoms with Gasteiger partial charge in [0.15, 0.2) is 0 Å². The Morgan fingerprint density at radius 3 is 2.42 bits per heavy atom. The standard InChI is InChI=1S/C17H12ClN/c18-16-10-4-2-7-14(16)12-19-17-11-5-8-13-6-1-3-9-15(13)17/h1-12H. The molecule has 3 aromatic rings. The Hall–Kier alpha value is -2.12. The quantitative estimate of drug-likeness (QED) is 0.562. The van der Waals surface area contributed by atoms with E-state index in [1.807, 2.05) is 54.7 Å². The van der Waals surface area contributed by atoms with Gasteiger partial charge in [-0.1, -0.05) is 66.2 Å². The van der Waals surface area contributed by atoms with E-state index in [9.17, 15) is 0 Å². The van der Waals surface area contributed by atoms with Gasteiger partial charge in [-0.15, -0.1) is 0 Å². The highest BCUT2D eigenvalue weighted by molar-refractivity contribution is 6.33. The van der Waals surface area contributed by atoms with Crippen molar-refractivity contribution < 1.29 is 0 Å². The van der Waals surface area contributed by atoms with E-state index >= 15 is 0 Å². The molecule has 0 bridgehead atoms. The minimum Gasteiger partial charge on any atom is -0.256 e. The molecule has 0 radical (unpaired) electrons. The van der Waals surface area contributed by atoms with Crippen LogP contribution in [0.3, 0.4) is 0 Å². The summed E-state index contributed by atoms with van der Waals surface area (Å²) >= 11 is 6.12. The van der Waals surface area contributed by atoms with E-state index in [0.717, 1.165) is 16.6 Å². The number of aliphatic imine (C=N–C) groups is 1. The van der Waals surface area contributed by atoms with Gasteiger partial charge in [0.1, 0.15) is 0 Å². The lowest BCUT2D eigenvalue weighted by Gasteiger charge is -2.01. The fourth-order valence-corrected chi connectivity index (χ4v) is 2.22. The smallest absolute Gasteiger partial charge is 0.0708 e. The van der Waals surface area contributed by atoms with Crippen molar-refractivity contribution >= 4 is 34.3 Å². The summed E-state index contributed by atoms with van der Waals surface area (Å²) in [6.45, 7) is 0. The summed E-state index contributed by atoms with van der Waals surface area (Å²) < 4.78 is 0. The van der Waals surface area contributed by atoms with Crippen molar-refractivity contribution in [1.82, 2.24) is 0 Å². The third-order valence-electron chi connectivity index (χ3n) is 3.01. The van der Waals surface area contributed by atoms with Crippen molar-refractivity contribution in [1.29, 1.82) is 0 Å². The Labute approximate surface area is 117 Å². The monoisotopic (exact) mass is 265 g/mol. The third-order valence-corrected chi connectivity index (χ3v) is 3.36. The fourth-order valence-electron chi connectivity index (χ4n) is 2.04. The van der Waals surface area contributed by atoms with Crippen molar-refractivity contribution in [3.8, 4) is 0 Å². The molecule has 92 valence electrons. The van der Waals surface area contributed by atoms with Crippen LogP contribution in [0.4, 0.5) is 5.69 Å². The molecule has 2 heteroatoms. The average molecular weight is 266 g/mol. The number of hydrogen-bond donors (Lipinski definition) is 0. The lowest BCUT2D eigenvalue weighted by atomic mass is 10.1. The van der Waals surface area contributed by atoms with Crippen LogP contribution in [0.2, 0.25) is 5.02 Å². The number of hydrogen-bond acceptors (Lipinski definition) is 1. The normalized spacial score (nSPS) is 11.2. The lowest BCUT2D eigenvalue weighted by molar-refractivity contribution is 1.56. The molecular weight excluding hydrogens is 254 g/mol. The number of halogens is 1. The van der Waals surface area contributed by atoms with E-state index in [1.165, 1.54) is 5.39 Å². The van der Waals surface area contributed by atoms with Crippen molar-refractivity contribution in [3.05, 3.63) is 77.3 Å². The molecule has 0 saturated heterocycles. The second-order valence-corrected chi connectivity index (χ2v) is 4.69. The zero-order valence-corrected chi connectivity index (χ0v) is 11.0. The molecule has 0 unspecified atom stereocenters. The summed E-state index contributed by atoms with van der Waals surface area (Å²) in [6, 6.07) is 22.0. The van der Waals surface area contributed by atoms with E-state index in [1.54, 1.807) is 0 Å². The van der Waals surface area contributed by atoms with E-state index in [0.29, 0.717) is 5.02 Å². The van der Waals surface area contributed by atoms with E-state index in [4.69, 9.17) is 11.6 Å². The van der Waals surface area contributed by atoms with Gasteiger partial charge < -0.3 is 0 Å². The zero-order chi connectivity index (χ0) is 13.1. The zero-order valence-electron chi connectivity index (χ0n) is 10.3. The molecule has 3 rings (SSSR count). The third kappa shape index (κ3) is 2.51. The predicted molar refractivity (Wildman–Crippen MR) is 82.7 cm³/mol. The van der Waals surface area contributed by atoms with Gasteiger partial charge in [-0.3, -0.25) is 4.99 Å². The van der Waals surface area contributed by atoms with E-state index < -0.39 is 0 Å². The molecule has 0 aromatic heterocycles. The molecule has 0 saturated carbocycles. The molecule has 3 aromatic carbocycles. The van der Waals surface area contributed by atoms with E-state index in [-0.39, 0.29) is 0 Å². The second-order valence-electron chi connectivity index (χ2n) is 4.28. The minimum atomic E-state index is 0.714. The molecule has 0 amide bonds. The maximum absolute atomic E-state index is 6.12. The van der Waals surface area contributed by atoms with Gasteiger partial charge in [0.05, 0.1) is 5.69 Å². The number of rotatable bonds is 2. The van der Waals surface area contributed by atoms with Crippen LogP contribution in [-0.4, -0.2) is 6.21 Å². The molecule has 1 nitrogen and oxygen atoms in total. The molecule has 0 N–H and O–H groups in total. The first-order valence-electron chi connectivity index (χ1n) is 6.11. The molecule has 0 aliphatic rings. The molecule has 0 heterocycles. The SMILES string of the molecule is Clc1ccccc1C=Nc1cccc2ccccc12. The molecule has 0 aliphatic carbocycles. The van der Waals surface area contributed by atoms with Crippen molar-refractivity contribution in [2.75, 3.05) is 0 Å². The summed E-state index contributed by atoms with van der Waals surface area (Å²) in [5.41, 5.74) is 1.88. The summed E-state index contributed by atoms with van der Waals surface area (Å²) in [7, 11) is 0. The molecule has 0 fully saturated rings. The van der Waals surface area contributed by atoms with Crippen LogP contribution in [0.15, 0.2) is 71.7 Å². The van der Waals surface area contributed by atoms with Crippen LogP contribution >= 0.6 is 11.6 Å². The molecular formula is C17H12ClN. The Morgan fingerprint density at radius 1 is 0.789 bits per heavy atom. The highest BCUT2D eigenvalue weighted by atomic mass is 35.5. The number of fused-ring (bicyclic) bond motifs is 1. The Morgan fingerprint density at radius 2 is 1.53 bits per heavy atom. The Bertz CT molecular complexity index is 742. The van der Waals surface area contributed by atoms with E-state index in [2.05, 4.69) is 23.2 Å². The maximum Gasteiger partial charge on any atom is 0.0708 e. The molecule has 19 heavy (non-hydrogen) atoms. The van der Waals surface area contributed by atoms with Crippen LogP contribution in [0.25, 0.3) is 10.8 Å². The van der Waals surface area contributed by atoms with Crippen molar-refractivity contribution in [2.24, 2.45) is 4.99 Å². The summed E-state index contributed by atoms with van der Waals surface area (Å²) in [5.74, 6) is 0. The Kier molecular flexibility index (Phi) is 3.30. The van der Waals surface area contributed by atoms with Crippen molar-refractivity contribution in [3.63, 3.8) is 0 Å². The van der Waals surface area contributed by atoms with Gasteiger partial charge in [0, 0.05) is 22.2 Å². The first-order chi connectivity index (χ1) is 9.34. The summed E-state index contributed by atoms with van der Waals surface area (Å²) in [4.78, 5) is 4.56. The van der Waals surface area contributed by atoms with Crippen LogP contribution in [0, 0.1) is 0 Å².